The van der Waals surface area contributed by atoms with Gasteiger partial charge in [0.25, 0.3) is 0 Å². The van der Waals surface area contributed by atoms with Crippen LogP contribution in [0.15, 0.2) is 30.3 Å². The first kappa shape index (κ1) is 12.9. The SMILES string of the molecule is CC(C)(C)OC(=O)N(c1ccccc1)C1CCC1. The molecule has 0 aromatic heterocycles. The molecule has 3 heteroatoms. The van der Waals surface area contributed by atoms with E-state index < -0.39 is 5.60 Å². The van der Waals surface area contributed by atoms with E-state index in [1.54, 1.807) is 4.90 Å². The normalized spacial score (nSPS) is 15.9. The zero-order valence-corrected chi connectivity index (χ0v) is 11.3. The van der Waals surface area contributed by atoms with Gasteiger partial charge in [-0.3, -0.25) is 4.90 Å². The monoisotopic (exact) mass is 247 g/mol. The Morgan fingerprint density at radius 3 is 2.28 bits per heavy atom. The Morgan fingerprint density at radius 1 is 1.22 bits per heavy atom. The molecule has 1 saturated carbocycles. The fraction of sp³-hybridized carbons (Fsp3) is 0.533. The lowest BCUT2D eigenvalue weighted by Gasteiger charge is -2.38. The topological polar surface area (TPSA) is 29.5 Å². The van der Waals surface area contributed by atoms with Crippen molar-refractivity contribution in [3.05, 3.63) is 30.3 Å². The minimum absolute atomic E-state index is 0.238. The molecular formula is C15H21NO2. The van der Waals surface area contributed by atoms with E-state index in [4.69, 9.17) is 4.74 Å². The highest BCUT2D eigenvalue weighted by molar-refractivity contribution is 5.88. The van der Waals surface area contributed by atoms with Crippen molar-refractivity contribution in [1.29, 1.82) is 0 Å². The van der Waals surface area contributed by atoms with Gasteiger partial charge in [0.15, 0.2) is 0 Å². The van der Waals surface area contributed by atoms with Gasteiger partial charge in [0.2, 0.25) is 0 Å². The first-order valence-corrected chi connectivity index (χ1v) is 6.54. The maximum Gasteiger partial charge on any atom is 0.415 e. The van der Waals surface area contributed by atoms with Crippen molar-refractivity contribution in [1.82, 2.24) is 0 Å². The smallest absolute Gasteiger partial charge is 0.415 e. The number of ether oxygens (including phenoxy) is 1. The van der Waals surface area contributed by atoms with Gasteiger partial charge in [-0.15, -0.1) is 0 Å². The third-order valence-corrected chi connectivity index (χ3v) is 3.06. The van der Waals surface area contributed by atoms with E-state index in [-0.39, 0.29) is 6.09 Å². The van der Waals surface area contributed by atoms with Crippen LogP contribution in [0.3, 0.4) is 0 Å². The fourth-order valence-electron chi connectivity index (χ4n) is 2.01. The van der Waals surface area contributed by atoms with Crippen LogP contribution in [0.1, 0.15) is 40.0 Å². The van der Waals surface area contributed by atoms with E-state index in [2.05, 4.69) is 0 Å². The molecule has 0 unspecified atom stereocenters. The molecule has 0 N–H and O–H groups in total. The van der Waals surface area contributed by atoms with Crippen molar-refractivity contribution in [2.75, 3.05) is 4.90 Å². The summed E-state index contributed by atoms with van der Waals surface area (Å²) >= 11 is 0. The molecule has 1 amide bonds. The Morgan fingerprint density at radius 2 is 1.83 bits per heavy atom. The molecule has 3 nitrogen and oxygen atoms in total. The van der Waals surface area contributed by atoms with Crippen molar-refractivity contribution < 1.29 is 9.53 Å². The summed E-state index contributed by atoms with van der Waals surface area (Å²) in [6, 6.07) is 10.1. The van der Waals surface area contributed by atoms with Crippen LogP contribution < -0.4 is 4.90 Å². The number of rotatable bonds is 2. The first-order valence-electron chi connectivity index (χ1n) is 6.54. The second kappa shape index (κ2) is 5.01. The molecule has 98 valence electrons. The second-order valence-corrected chi connectivity index (χ2v) is 5.77. The minimum Gasteiger partial charge on any atom is -0.443 e. The van der Waals surface area contributed by atoms with Crippen LogP contribution in [0.2, 0.25) is 0 Å². The van der Waals surface area contributed by atoms with Crippen molar-refractivity contribution in [3.8, 4) is 0 Å². The number of nitrogens with zero attached hydrogens (tertiary/aromatic N) is 1. The third-order valence-electron chi connectivity index (χ3n) is 3.06. The molecule has 0 spiro atoms. The van der Waals surface area contributed by atoms with Crippen LogP contribution >= 0.6 is 0 Å². The van der Waals surface area contributed by atoms with E-state index in [1.807, 2.05) is 51.1 Å². The molecule has 2 rings (SSSR count). The zero-order chi connectivity index (χ0) is 13.2. The Balaban J connectivity index is 2.18. The van der Waals surface area contributed by atoms with Crippen LogP contribution in [0.25, 0.3) is 0 Å². The standard InChI is InChI=1S/C15H21NO2/c1-15(2,3)18-14(17)16(13-10-7-11-13)12-8-5-4-6-9-12/h4-6,8-9,13H,7,10-11H2,1-3H3. The van der Waals surface area contributed by atoms with Gasteiger partial charge in [-0.25, -0.2) is 4.79 Å². The molecule has 1 aliphatic carbocycles. The highest BCUT2D eigenvalue weighted by atomic mass is 16.6. The molecule has 0 aliphatic heterocycles. The van der Waals surface area contributed by atoms with Crippen molar-refractivity contribution >= 4 is 11.8 Å². The third kappa shape index (κ3) is 3.03. The number of para-hydroxylation sites is 1. The molecule has 0 heterocycles. The van der Waals surface area contributed by atoms with Crippen LogP contribution in [0.4, 0.5) is 10.5 Å². The minimum atomic E-state index is -0.451. The quantitative estimate of drug-likeness (QED) is 0.791. The van der Waals surface area contributed by atoms with Gasteiger partial charge in [-0.2, -0.15) is 0 Å². The van der Waals surface area contributed by atoms with Gasteiger partial charge in [0.1, 0.15) is 5.60 Å². The average Bonchev–Trinajstić information content (AvgIpc) is 2.21. The summed E-state index contributed by atoms with van der Waals surface area (Å²) in [6.45, 7) is 5.69. The Hall–Kier alpha value is -1.51. The van der Waals surface area contributed by atoms with Gasteiger partial charge >= 0.3 is 6.09 Å². The lowest BCUT2D eigenvalue weighted by Crippen LogP contribution is -2.46. The molecular weight excluding hydrogens is 226 g/mol. The molecule has 18 heavy (non-hydrogen) atoms. The largest absolute Gasteiger partial charge is 0.443 e. The van der Waals surface area contributed by atoms with Gasteiger partial charge in [-0.1, -0.05) is 18.2 Å². The van der Waals surface area contributed by atoms with Crippen molar-refractivity contribution in [2.24, 2.45) is 0 Å². The summed E-state index contributed by atoms with van der Waals surface area (Å²) in [6.07, 6.45) is 3.08. The van der Waals surface area contributed by atoms with Gasteiger partial charge in [-0.05, 0) is 52.2 Å². The number of carbonyl (C=O) groups is 1. The van der Waals surface area contributed by atoms with Crippen LogP contribution in [-0.4, -0.2) is 17.7 Å². The summed E-state index contributed by atoms with van der Waals surface area (Å²) < 4.78 is 5.50. The first-order chi connectivity index (χ1) is 8.47. The average molecular weight is 247 g/mol. The van der Waals surface area contributed by atoms with Crippen LogP contribution in [0, 0.1) is 0 Å². The highest BCUT2D eigenvalue weighted by Gasteiger charge is 2.32. The van der Waals surface area contributed by atoms with E-state index in [9.17, 15) is 4.79 Å². The van der Waals surface area contributed by atoms with E-state index >= 15 is 0 Å². The molecule has 0 radical (unpaired) electrons. The predicted molar refractivity (Wildman–Crippen MR) is 72.8 cm³/mol. The molecule has 1 fully saturated rings. The molecule has 1 aliphatic rings. The fourth-order valence-corrected chi connectivity index (χ4v) is 2.01. The summed E-state index contributed by atoms with van der Waals surface area (Å²) in [5, 5.41) is 0. The maximum atomic E-state index is 12.3. The van der Waals surface area contributed by atoms with Crippen LogP contribution in [-0.2, 0) is 4.74 Å². The zero-order valence-electron chi connectivity index (χ0n) is 11.3. The van der Waals surface area contributed by atoms with Crippen molar-refractivity contribution in [3.63, 3.8) is 0 Å². The van der Waals surface area contributed by atoms with E-state index in [0.29, 0.717) is 6.04 Å². The van der Waals surface area contributed by atoms with Crippen molar-refractivity contribution in [2.45, 2.75) is 51.7 Å². The number of benzene rings is 1. The number of amides is 1. The molecule has 0 bridgehead atoms. The number of hydrogen-bond acceptors (Lipinski definition) is 2. The molecule has 0 atom stereocenters. The second-order valence-electron chi connectivity index (χ2n) is 5.77. The number of anilines is 1. The van der Waals surface area contributed by atoms with Gasteiger partial charge in [0.05, 0.1) is 0 Å². The summed E-state index contributed by atoms with van der Waals surface area (Å²) in [7, 11) is 0. The lowest BCUT2D eigenvalue weighted by molar-refractivity contribution is 0.0549. The highest BCUT2D eigenvalue weighted by Crippen LogP contribution is 2.30. The molecule has 1 aromatic rings. The maximum absolute atomic E-state index is 12.3. The van der Waals surface area contributed by atoms with E-state index in [1.165, 1.54) is 6.42 Å². The van der Waals surface area contributed by atoms with Gasteiger partial charge in [0, 0.05) is 11.7 Å². The Bertz CT molecular complexity index is 404. The summed E-state index contributed by atoms with van der Waals surface area (Å²) in [5.41, 5.74) is 0.477. The number of hydrogen-bond donors (Lipinski definition) is 0. The lowest BCUT2D eigenvalue weighted by atomic mass is 9.91. The van der Waals surface area contributed by atoms with Crippen LogP contribution in [0.5, 0.6) is 0 Å². The predicted octanol–water partition coefficient (Wildman–Crippen LogP) is 3.98. The molecule has 1 aromatic carbocycles. The Kier molecular flexibility index (Phi) is 3.60. The number of carbonyl (C=O) groups excluding carboxylic acids is 1. The molecule has 0 saturated heterocycles. The van der Waals surface area contributed by atoms with E-state index in [0.717, 1.165) is 18.5 Å². The summed E-state index contributed by atoms with van der Waals surface area (Å²) in [4.78, 5) is 14.1. The summed E-state index contributed by atoms with van der Waals surface area (Å²) in [5.74, 6) is 0. The van der Waals surface area contributed by atoms with Gasteiger partial charge < -0.3 is 4.74 Å². The Labute approximate surface area is 109 Å².